The van der Waals surface area contributed by atoms with Gasteiger partial charge in [0.05, 0.1) is 5.88 Å². The van der Waals surface area contributed by atoms with E-state index < -0.39 is 0 Å². The predicted octanol–water partition coefficient (Wildman–Crippen LogP) is 2.16. The van der Waals surface area contributed by atoms with Crippen molar-refractivity contribution in [3.8, 4) is 0 Å². The van der Waals surface area contributed by atoms with Crippen LogP contribution in [0.1, 0.15) is 25.0 Å². The first-order valence-electron chi connectivity index (χ1n) is 3.74. The van der Waals surface area contributed by atoms with Crippen LogP contribution in [-0.4, -0.2) is 14.8 Å². The molecule has 1 aromatic heterocycles. The zero-order valence-corrected chi connectivity index (χ0v) is 8.82. The molecular formula is C7H13Cl2N3. The molecule has 1 rings (SSSR count). The average Bonchev–Trinajstić information content (AvgIpc) is 2.34. The van der Waals surface area contributed by atoms with Gasteiger partial charge in [-0.3, -0.25) is 0 Å². The van der Waals surface area contributed by atoms with E-state index in [1.807, 2.05) is 11.5 Å². The molecule has 0 saturated carbocycles. The van der Waals surface area contributed by atoms with Crippen LogP contribution in [0.15, 0.2) is 0 Å². The van der Waals surface area contributed by atoms with Crippen molar-refractivity contribution in [1.82, 2.24) is 14.8 Å². The third-order valence-corrected chi connectivity index (χ3v) is 1.82. The highest BCUT2D eigenvalue weighted by Gasteiger charge is 2.04. The first-order valence-corrected chi connectivity index (χ1v) is 4.27. The molecule has 0 bridgehead atoms. The molecule has 3 nitrogen and oxygen atoms in total. The summed E-state index contributed by atoms with van der Waals surface area (Å²) < 4.78 is 2.05. The van der Waals surface area contributed by atoms with E-state index in [0.29, 0.717) is 5.88 Å². The van der Waals surface area contributed by atoms with Crippen LogP contribution in [-0.2, 0) is 12.4 Å². The summed E-state index contributed by atoms with van der Waals surface area (Å²) in [4.78, 5) is 0. The molecule has 1 aromatic rings. The number of halogens is 2. The smallest absolute Gasteiger partial charge is 0.147 e. The van der Waals surface area contributed by atoms with Crippen molar-refractivity contribution < 1.29 is 0 Å². The SMILES string of the molecule is CCCn1c(C)nnc1CCl.Cl. The Kier molecular flexibility index (Phi) is 5.25. The van der Waals surface area contributed by atoms with Gasteiger partial charge < -0.3 is 4.57 Å². The third kappa shape index (κ3) is 2.35. The van der Waals surface area contributed by atoms with E-state index in [1.54, 1.807) is 0 Å². The van der Waals surface area contributed by atoms with E-state index in [2.05, 4.69) is 17.1 Å². The summed E-state index contributed by atoms with van der Waals surface area (Å²) in [7, 11) is 0. The Labute approximate surface area is 83.5 Å². The fourth-order valence-electron chi connectivity index (χ4n) is 1.04. The van der Waals surface area contributed by atoms with Gasteiger partial charge in [-0.1, -0.05) is 6.92 Å². The maximum atomic E-state index is 5.66. The monoisotopic (exact) mass is 209 g/mol. The van der Waals surface area contributed by atoms with E-state index in [0.717, 1.165) is 24.6 Å². The molecule has 0 aliphatic rings. The van der Waals surface area contributed by atoms with Crippen LogP contribution in [0, 0.1) is 6.92 Å². The van der Waals surface area contributed by atoms with E-state index in [-0.39, 0.29) is 12.4 Å². The van der Waals surface area contributed by atoms with Crippen molar-refractivity contribution in [2.75, 3.05) is 0 Å². The molecule has 0 N–H and O–H groups in total. The molecule has 1 heterocycles. The van der Waals surface area contributed by atoms with Crippen molar-refractivity contribution >= 4 is 24.0 Å². The van der Waals surface area contributed by atoms with Gasteiger partial charge in [0, 0.05) is 6.54 Å². The number of hydrogen-bond acceptors (Lipinski definition) is 2. The van der Waals surface area contributed by atoms with Gasteiger partial charge in [0.2, 0.25) is 0 Å². The van der Waals surface area contributed by atoms with Crippen molar-refractivity contribution in [3.63, 3.8) is 0 Å². The van der Waals surface area contributed by atoms with E-state index in [9.17, 15) is 0 Å². The van der Waals surface area contributed by atoms with Gasteiger partial charge in [-0.05, 0) is 13.3 Å². The highest BCUT2D eigenvalue weighted by atomic mass is 35.5. The fraction of sp³-hybridized carbons (Fsp3) is 0.714. The normalized spacial score (nSPS) is 9.58. The molecule has 0 unspecified atom stereocenters. The summed E-state index contributed by atoms with van der Waals surface area (Å²) >= 11 is 5.66. The zero-order valence-electron chi connectivity index (χ0n) is 7.25. The van der Waals surface area contributed by atoms with Crippen molar-refractivity contribution in [2.24, 2.45) is 0 Å². The molecule has 0 amide bonds. The molecule has 12 heavy (non-hydrogen) atoms. The minimum absolute atomic E-state index is 0. The Morgan fingerprint density at radius 3 is 2.58 bits per heavy atom. The highest BCUT2D eigenvalue weighted by molar-refractivity contribution is 6.16. The van der Waals surface area contributed by atoms with Gasteiger partial charge in [0.1, 0.15) is 11.6 Å². The largest absolute Gasteiger partial charge is 0.314 e. The average molecular weight is 210 g/mol. The second-order valence-corrected chi connectivity index (χ2v) is 2.72. The molecule has 0 atom stereocenters. The van der Waals surface area contributed by atoms with Crippen LogP contribution in [0.2, 0.25) is 0 Å². The predicted molar refractivity (Wildman–Crippen MR) is 51.9 cm³/mol. The molecular weight excluding hydrogens is 197 g/mol. The van der Waals surface area contributed by atoms with Gasteiger partial charge in [-0.15, -0.1) is 34.2 Å². The lowest BCUT2D eigenvalue weighted by Gasteiger charge is -2.03. The lowest BCUT2D eigenvalue weighted by atomic mass is 10.4. The van der Waals surface area contributed by atoms with E-state index in [4.69, 9.17) is 11.6 Å². The second kappa shape index (κ2) is 5.38. The minimum atomic E-state index is 0. The quantitative estimate of drug-likeness (QED) is 0.715. The van der Waals surface area contributed by atoms with Gasteiger partial charge >= 0.3 is 0 Å². The summed E-state index contributed by atoms with van der Waals surface area (Å²) in [6, 6.07) is 0. The van der Waals surface area contributed by atoms with Crippen LogP contribution in [0.25, 0.3) is 0 Å². The Morgan fingerprint density at radius 1 is 1.42 bits per heavy atom. The van der Waals surface area contributed by atoms with Gasteiger partial charge in [-0.25, -0.2) is 0 Å². The lowest BCUT2D eigenvalue weighted by molar-refractivity contribution is 0.636. The molecule has 5 heteroatoms. The second-order valence-electron chi connectivity index (χ2n) is 2.45. The third-order valence-electron chi connectivity index (χ3n) is 1.58. The lowest BCUT2D eigenvalue weighted by Crippen LogP contribution is -2.03. The summed E-state index contributed by atoms with van der Waals surface area (Å²) in [5.41, 5.74) is 0. The van der Waals surface area contributed by atoms with Crippen LogP contribution in [0.5, 0.6) is 0 Å². The topological polar surface area (TPSA) is 30.7 Å². The molecule has 0 aliphatic carbocycles. The fourth-order valence-corrected chi connectivity index (χ4v) is 1.24. The highest BCUT2D eigenvalue weighted by Crippen LogP contribution is 2.04. The van der Waals surface area contributed by atoms with Crippen LogP contribution in [0.3, 0.4) is 0 Å². The Bertz CT molecular complexity index is 235. The molecule has 0 saturated heterocycles. The molecule has 0 radical (unpaired) electrons. The molecule has 0 aliphatic heterocycles. The number of aromatic nitrogens is 3. The van der Waals surface area contributed by atoms with Gasteiger partial charge in [-0.2, -0.15) is 0 Å². The number of nitrogens with zero attached hydrogens (tertiary/aromatic N) is 3. The number of alkyl halides is 1. The number of aryl methyl sites for hydroxylation is 1. The zero-order chi connectivity index (χ0) is 8.27. The van der Waals surface area contributed by atoms with Gasteiger partial charge in [0.15, 0.2) is 0 Å². The molecule has 0 spiro atoms. The molecule has 0 fully saturated rings. The van der Waals surface area contributed by atoms with Crippen molar-refractivity contribution in [2.45, 2.75) is 32.7 Å². The first kappa shape index (κ1) is 11.7. The summed E-state index contributed by atoms with van der Waals surface area (Å²) in [5.74, 6) is 2.26. The Balaban J connectivity index is 0.00000121. The number of hydrogen-bond donors (Lipinski definition) is 0. The van der Waals surface area contributed by atoms with Crippen LogP contribution < -0.4 is 0 Å². The van der Waals surface area contributed by atoms with Crippen LogP contribution in [0.4, 0.5) is 0 Å². The van der Waals surface area contributed by atoms with Crippen molar-refractivity contribution in [3.05, 3.63) is 11.6 Å². The van der Waals surface area contributed by atoms with E-state index in [1.165, 1.54) is 0 Å². The Morgan fingerprint density at radius 2 is 2.08 bits per heavy atom. The first-order chi connectivity index (χ1) is 5.29. The standard InChI is InChI=1S/C7H12ClN3.ClH/c1-3-4-11-6(2)9-10-7(11)5-8;/h3-5H2,1-2H3;1H. The summed E-state index contributed by atoms with van der Waals surface area (Å²) in [5, 5.41) is 7.87. The molecule has 70 valence electrons. The maximum Gasteiger partial charge on any atom is 0.147 e. The summed E-state index contributed by atoms with van der Waals surface area (Å²) in [6.07, 6.45) is 1.09. The molecule has 0 aromatic carbocycles. The van der Waals surface area contributed by atoms with E-state index >= 15 is 0 Å². The van der Waals surface area contributed by atoms with Crippen molar-refractivity contribution in [1.29, 1.82) is 0 Å². The van der Waals surface area contributed by atoms with Gasteiger partial charge in [0.25, 0.3) is 0 Å². The minimum Gasteiger partial charge on any atom is -0.314 e. The maximum absolute atomic E-state index is 5.66. The number of rotatable bonds is 3. The Hall–Kier alpha value is -0.280. The summed E-state index contributed by atoms with van der Waals surface area (Å²) in [6.45, 7) is 5.02. The van der Waals surface area contributed by atoms with Crippen LogP contribution >= 0.6 is 24.0 Å².